The normalized spacial score (nSPS) is 10.1. The summed E-state index contributed by atoms with van der Waals surface area (Å²) in [4.78, 5) is 11.2. The van der Waals surface area contributed by atoms with Gasteiger partial charge in [-0.1, -0.05) is 34.8 Å². The van der Waals surface area contributed by atoms with Crippen molar-refractivity contribution >= 4 is 40.7 Å². The number of amides is 1. The summed E-state index contributed by atoms with van der Waals surface area (Å²) in [6, 6.07) is 3.12. The van der Waals surface area contributed by atoms with Crippen molar-refractivity contribution in [3.05, 3.63) is 32.8 Å². The zero-order chi connectivity index (χ0) is 11.4. The third kappa shape index (κ3) is 3.24. The van der Waals surface area contributed by atoms with Crippen LogP contribution < -0.4 is 5.32 Å². The van der Waals surface area contributed by atoms with Crippen molar-refractivity contribution < 1.29 is 9.90 Å². The van der Waals surface area contributed by atoms with Crippen molar-refractivity contribution in [3.8, 4) is 0 Å². The van der Waals surface area contributed by atoms with Gasteiger partial charge in [-0.3, -0.25) is 4.79 Å². The predicted octanol–water partition coefficient (Wildman–Crippen LogP) is 2.26. The maximum atomic E-state index is 11.2. The molecule has 0 aliphatic carbocycles. The first-order valence-corrected chi connectivity index (χ1v) is 5.19. The zero-order valence-electron chi connectivity index (χ0n) is 7.56. The summed E-state index contributed by atoms with van der Waals surface area (Å²) in [6.45, 7) is -0.422. The summed E-state index contributed by atoms with van der Waals surface area (Å²) in [5.41, 5.74) is 0.455. The van der Waals surface area contributed by atoms with Gasteiger partial charge in [0.1, 0.15) is 6.73 Å². The van der Waals surface area contributed by atoms with E-state index in [1.54, 1.807) is 12.1 Å². The van der Waals surface area contributed by atoms with E-state index in [2.05, 4.69) is 5.32 Å². The number of carbonyl (C=O) groups excluding carboxylic acids is 1. The Morgan fingerprint density at radius 2 is 1.87 bits per heavy atom. The van der Waals surface area contributed by atoms with E-state index in [0.717, 1.165) is 0 Å². The fraction of sp³-hybridized carbons (Fsp3) is 0.222. The summed E-state index contributed by atoms with van der Waals surface area (Å²) in [5, 5.41) is 11.7. The molecule has 0 bridgehead atoms. The van der Waals surface area contributed by atoms with Crippen molar-refractivity contribution in [3.63, 3.8) is 0 Å². The molecule has 0 saturated carbocycles. The Morgan fingerprint density at radius 1 is 1.27 bits per heavy atom. The molecule has 2 N–H and O–H groups in total. The number of nitrogens with one attached hydrogen (secondary N) is 1. The third-order valence-corrected chi connectivity index (χ3v) is 2.95. The number of halogens is 3. The summed E-state index contributed by atoms with van der Waals surface area (Å²) < 4.78 is 0. The predicted molar refractivity (Wildman–Crippen MR) is 60.4 cm³/mol. The molecule has 82 valence electrons. The van der Waals surface area contributed by atoms with E-state index in [1.165, 1.54) is 0 Å². The topological polar surface area (TPSA) is 49.3 Å². The Kier molecular flexibility index (Phi) is 4.67. The molecule has 1 aromatic rings. The lowest BCUT2D eigenvalue weighted by molar-refractivity contribution is -0.121. The molecule has 0 aliphatic heterocycles. The van der Waals surface area contributed by atoms with Gasteiger partial charge < -0.3 is 10.4 Å². The lowest BCUT2D eigenvalue weighted by atomic mass is 10.1. The van der Waals surface area contributed by atoms with Crippen LogP contribution in [0.5, 0.6) is 0 Å². The molecule has 0 fully saturated rings. The van der Waals surface area contributed by atoms with Gasteiger partial charge >= 0.3 is 0 Å². The van der Waals surface area contributed by atoms with E-state index >= 15 is 0 Å². The Morgan fingerprint density at radius 3 is 2.47 bits per heavy atom. The van der Waals surface area contributed by atoms with Crippen molar-refractivity contribution in [2.45, 2.75) is 6.42 Å². The Bertz CT molecular complexity index is 382. The van der Waals surface area contributed by atoms with Crippen LogP contribution in [-0.4, -0.2) is 17.7 Å². The first-order chi connectivity index (χ1) is 7.06. The van der Waals surface area contributed by atoms with Crippen LogP contribution in [0.2, 0.25) is 15.1 Å². The number of hydrogen-bond acceptors (Lipinski definition) is 2. The SMILES string of the molecule is O=C(Cc1c(Cl)ccc(Cl)c1Cl)NCO. The molecule has 6 heteroatoms. The van der Waals surface area contributed by atoms with Crippen LogP contribution in [0, 0.1) is 0 Å². The Labute approximate surface area is 102 Å². The highest BCUT2D eigenvalue weighted by Gasteiger charge is 2.12. The van der Waals surface area contributed by atoms with Gasteiger partial charge in [0.2, 0.25) is 5.91 Å². The minimum absolute atomic E-state index is 0.0151. The monoisotopic (exact) mass is 267 g/mol. The molecule has 0 radical (unpaired) electrons. The summed E-state index contributed by atoms with van der Waals surface area (Å²) in [7, 11) is 0. The van der Waals surface area contributed by atoms with E-state index < -0.39 is 6.73 Å². The minimum atomic E-state index is -0.422. The smallest absolute Gasteiger partial charge is 0.226 e. The highest BCUT2D eigenvalue weighted by Crippen LogP contribution is 2.31. The van der Waals surface area contributed by atoms with E-state index in [1.807, 2.05) is 0 Å². The third-order valence-electron chi connectivity index (χ3n) is 1.75. The van der Waals surface area contributed by atoms with Gasteiger partial charge in [0.25, 0.3) is 0 Å². The van der Waals surface area contributed by atoms with Crippen LogP contribution in [0.1, 0.15) is 5.56 Å². The maximum absolute atomic E-state index is 11.2. The number of aliphatic hydroxyl groups is 1. The van der Waals surface area contributed by atoms with E-state index in [9.17, 15) is 4.79 Å². The molecule has 3 nitrogen and oxygen atoms in total. The van der Waals surface area contributed by atoms with Gasteiger partial charge in [0, 0.05) is 10.6 Å². The van der Waals surface area contributed by atoms with Gasteiger partial charge in [0.05, 0.1) is 16.5 Å². The summed E-state index contributed by atoms with van der Waals surface area (Å²) >= 11 is 17.5. The van der Waals surface area contributed by atoms with Gasteiger partial charge in [-0.2, -0.15) is 0 Å². The largest absolute Gasteiger partial charge is 0.377 e. The Hall–Kier alpha value is -0.480. The lowest BCUT2D eigenvalue weighted by Gasteiger charge is -2.07. The highest BCUT2D eigenvalue weighted by molar-refractivity contribution is 6.44. The van der Waals surface area contributed by atoms with Crippen LogP contribution in [0.15, 0.2) is 12.1 Å². The van der Waals surface area contributed by atoms with Crippen molar-refractivity contribution in [2.24, 2.45) is 0 Å². The van der Waals surface area contributed by atoms with E-state index in [-0.39, 0.29) is 17.4 Å². The molecule has 1 rings (SSSR count). The van der Waals surface area contributed by atoms with Crippen molar-refractivity contribution in [1.29, 1.82) is 0 Å². The van der Waals surface area contributed by atoms with Crippen LogP contribution in [0.3, 0.4) is 0 Å². The number of carbonyl (C=O) groups is 1. The molecule has 0 aromatic heterocycles. The molecule has 0 saturated heterocycles. The molecule has 1 amide bonds. The standard InChI is InChI=1S/C9H8Cl3NO2/c10-6-1-2-7(11)9(12)5(6)3-8(15)13-4-14/h1-2,14H,3-4H2,(H,13,15). The average molecular weight is 269 g/mol. The first-order valence-electron chi connectivity index (χ1n) is 4.06. The minimum Gasteiger partial charge on any atom is -0.377 e. The first kappa shape index (κ1) is 12.6. The zero-order valence-corrected chi connectivity index (χ0v) is 9.83. The van der Waals surface area contributed by atoms with Crippen LogP contribution in [0.25, 0.3) is 0 Å². The maximum Gasteiger partial charge on any atom is 0.226 e. The summed E-state index contributed by atoms with van der Waals surface area (Å²) in [6.07, 6.45) is -0.0151. The Balaban J connectivity index is 2.93. The van der Waals surface area contributed by atoms with Crippen molar-refractivity contribution in [2.75, 3.05) is 6.73 Å². The number of rotatable bonds is 3. The number of aliphatic hydroxyl groups excluding tert-OH is 1. The molecular formula is C9H8Cl3NO2. The lowest BCUT2D eigenvalue weighted by Crippen LogP contribution is -2.25. The van der Waals surface area contributed by atoms with Crippen LogP contribution in [-0.2, 0) is 11.2 Å². The van der Waals surface area contributed by atoms with Crippen LogP contribution >= 0.6 is 34.8 Å². The molecule has 0 unspecified atom stereocenters. The fourth-order valence-corrected chi connectivity index (χ4v) is 1.72. The second-order valence-electron chi connectivity index (χ2n) is 2.76. The molecule has 15 heavy (non-hydrogen) atoms. The fourth-order valence-electron chi connectivity index (χ4n) is 1.04. The van der Waals surface area contributed by atoms with Gasteiger partial charge in [0.15, 0.2) is 0 Å². The molecule has 0 heterocycles. The summed E-state index contributed by atoms with van der Waals surface area (Å²) in [5.74, 6) is -0.372. The second-order valence-corrected chi connectivity index (χ2v) is 3.95. The molecule has 0 aliphatic rings. The molecule has 0 spiro atoms. The quantitative estimate of drug-likeness (QED) is 0.652. The van der Waals surface area contributed by atoms with Gasteiger partial charge in [-0.15, -0.1) is 0 Å². The van der Waals surface area contributed by atoms with Crippen molar-refractivity contribution in [1.82, 2.24) is 5.32 Å². The molecular weight excluding hydrogens is 260 g/mol. The van der Waals surface area contributed by atoms with E-state index in [0.29, 0.717) is 15.6 Å². The van der Waals surface area contributed by atoms with Gasteiger partial charge in [-0.05, 0) is 12.1 Å². The van der Waals surface area contributed by atoms with E-state index in [4.69, 9.17) is 39.9 Å². The van der Waals surface area contributed by atoms with Gasteiger partial charge in [-0.25, -0.2) is 0 Å². The average Bonchev–Trinajstić information content (AvgIpc) is 2.19. The highest BCUT2D eigenvalue weighted by atomic mass is 35.5. The molecule has 0 atom stereocenters. The number of hydrogen-bond donors (Lipinski definition) is 2. The second kappa shape index (κ2) is 5.56. The number of benzene rings is 1. The van der Waals surface area contributed by atoms with Crippen LogP contribution in [0.4, 0.5) is 0 Å². The molecule has 1 aromatic carbocycles.